The maximum atomic E-state index is 11.8. The van der Waals surface area contributed by atoms with E-state index in [9.17, 15) is 4.79 Å². The van der Waals surface area contributed by atoms with Gasteiger partial charge in [-0.25, -0.2) is 0 Å². The van der Waals surface area contributed by atoms with Gasteiger partial charge in [-0.15, -0.1) is 6.58 Å². The van der Waals surface area contributed by atoms with Gasteiger partial charge in [0.15, 0.2) is 0 Å². The van der Waals surface area contributed by atoms with Crippen molar-refractivity contribution >= 4 is 11.6 Å². The van der Waals surface area contributed by atoms with Crippen LogP contribution in [0.25, 0.3) is 0 Å². The van der Waals surface area contributed by atoms with Crippen LogP contribution in [0.15, 0.2) is 36.9 Å². The summed E-state index contributed by atoms with van der Waals surface area (Å²) in [6.45, 7) is 7.47. The first-order chi connectivity index (χ1) is 10.2. The van der Waals surface area contributed by atoms with Gasteiger partial charge in [-0.05, 0) is 48.9 Å². The maximum absolute atomic E-state index is 11.8. The summed E-state index contributed by atoms with van der Waals surface area (Å²) < 4.78 is 0. The molecule has 1 aliphatic rings. The maximum Gasteiger partial charge on any atom is 0.251 e. The summed E-state index contributed by atoms with van der Waals surface area (Å²) in [5.41, 5.74) is 1.78. The van der Waals surface area contributed by atoms with Crippen LogP contribution >= 0.6 is 0 Å². The largest absolute Gasteiger partial charge is 0.385 e. The number of amides is 1. The van der Waals surface area contributed by atoms with Gasteiger partial charge < -0.3 is 10.6 Å². The number of anilines is 1. The van der Waals surface area contributed by atoms with Crippen LogP contribution in [0.5, 0.6) is 0 Å². The number of rotatable bonds is 6. The lowest BCUT2D eigenvalue weighted by atomic mass is 9.83. The van der Waals surface area contributed by atoms with Gasteiger partial charge in [-0.2, -0.15) is 0 Å². The second-order valence-electron chi connectivity index (χ2n) is 6.08. The quantitative estimate of drug-likeness (QED) is 0.780. The monoisotopic (exact) mass is 286 g/mol. The number of benzene rings is 1. The normalized spacial score (nSPS) is 21.6. The van der Waals surface area contributed by atoms with Gasteiger partial charge in [-0.3, -0.25) is 4.79 Å². The van der Waals surface area contributed by atoms with E-state index in [2.05, 4.69) is 24.1 Å². The van der Waals surface area contributed by atoms with Crippen molar-refractivity contribution in [2.24, 2.45) is 11.8 Å². The molecule has 0 bridgehead atoms. The Labute approximate surface area is 127 Å². The van der Waals surface area contributed by atoms with Crippen molar-refractivity contribution in [3.05, 3.63) is 42.5 Å². The minimum absolute atomic E-state index is 0.0530. The Morgan fingerprint density at radius 2 is 1.90 bits per heavy atom. The van der Waals surface area contributed by atoms with Gasteiger partial charge in [0.2, 0.25) is 0 Å². The Balaban J connectivity index is 1.79. The molecule has 0 heterocycles. The standard InChI is InChI=1S/C18H26N2O/c1-3-12-19-18(21)16-8-10-17(11-9-16)20-13-15-6-4-14(2)5-7-15/h3,8-11,14-15,20H,1,4-7,12-13H2,2H3,(H,19,21). The highest BCUT2D eigenvalue weighted by molar-refractivity contribution is 5.94. The summed E-state index contributed by atoms with van der Waals surface area (Å²) in [4.78, 5) is 11.8. The molecule has 0 atom stereocenters. The molecule has 21 heavy (non-hydrogen) atoms. The second-order valence-corrected chi connectivity index (χ2v) is 6.08. The van der Waals surface area contributed by atoms with Crippen molar-refractivity contribution in [2.75, 3.05) is 18.4 Å². The molecule has 0 radical (unpaired) electrons. The van der Waals surface area contributed by atoms with Crippen LogP contribution in [-0.4, -0.2) is 19.0 Å². The van der Waals surface area contributed by atoms with Crippen LogP contribution < -0.4 is 10.6 Å². The van der Waals surface area contributed by atoms with E-state index < -0.39 is 0 Å². The molecule has 1 amide bonds. The Bertz CT molecular complexity index is 459. The van der Waals surface area contributed by atoms with E-state index in [-0.39, 0.29) is 5.91 Å². The van der Waals surface area contributed by atoms with Gasteiger partial charge in [0.05, 0.1) is 0 Å². The summed E-state index contributed by atoms with van der Waals surface area (Å²) in [7, 11) is 0. The summed E-state index contributed by atoms with van der Waals surface area (Å²) in [6, 6.07) is 7.69. The molecule has 0 saturated heterocycles. The lowest BCUT2D eigenvalue weighted by Gasteiger charge is -2.26. The number of carbonyl (C=O) groups excluding carboxylic acids is 1. The van der Waals surface area contributed by atoms with E-state index in [0.29, 0.717) is 12.1 Å². The summed E-state index contributed by atoms with van der Waals surface area (Å²) in [5.74, 6) is 1.63. The first kappa shape index (κ1) is 15.6. The highest BCUT2D eigenvalue weighted by Crippen LogP contribution is 2.28. The molecule has 0 unspecified atom stereocenters. The first-order valence-corrected chi connectivity index (χ1v) is 7.92. The van der Waals surface area contributed by atoms with E-state index >= 15 is 0 Å². The Morgan fingerprint density at radius 1 is 1.24 bits per heavy atom. The van der Waals surface area contributed by atoms with Crippen molar-refractivity contribution < 1.29 is 4.79 Å². The molecule has 1 aromatic rings. The molecule has 3 nitrogen and oxygen atoms in total. The van der Waals surface area contributed by atoms with Crippen molar-refractivity contribution in [2.45, 2.75) is 32.6 Å². The molecule has 1 aliphatic carbocycles. The third kappa shape index (κ3) is 4.92. The number of hydrogen-bond acceptors (Lipinski definition) is 2. The molecule has 2 rings (SSSR count). The molecule has 114 valence electrons. The summed E-state index contributed by atoms with van der Waals surface area (Å²) >= 11 is 0. The Hall–Kier alpha value is -1.77. The lowest BCUT2D eigenvalue weighted by Crippen LogP contribution is -2.23. The fourth-order valence-corrected chi connectivity index (χ4v) is 2.80. The first-order valence-electron chi connectivity index (χ1n) is 7.92. The molecule has 1 aromatic carbocycles. The minimum atomic E-state index is -0.0530. The molecule has 1 fully saturated rings. The predicted molar refractivity (Wildman–Crippen MR) is 88.6 cm³/mol. The van der Waals surface area contributed by atoms with Crippen LogP contribution in [-0.2, 0) is 0 Å². The van der Waals surface area contributed by atoms with Gasteiger partial charge in [-0.1, -0.05) is 25.8 Å². The Morgan fingerprint density at radius 3 is 2.52 bits per heavy atom. The molecule has 0 aromatic heterocycles. The number of carbonyl (C=O) groups is 1. The Kier molecular flexibility index (Phi) is 5.85. The van der Waals surface area contributed by atoms with E-state index in [1.807, 2.05) is 24.3 Å². The zero-order valence-electron chi connectivity index (χ0n) is 12.9. The van der Waals surface area contributed by atoms with E-state index in [1.54, 1.807) is 6.08 Å². The van der Waals surface area contributed by atoms with Gasteiger partial charge in [0, 0.05) is 24.3 Å². The van der Waals surface area contributed by atoms with Gasteiger partial charge in [0.1, 0.15) is 0 Å². The van der Waals surface area contributed by atoms with Crippen LogP contribution in [0.1, 0.15) is 43.0 Å². The smallest absolute Gasteiger partial charge is 0.251 e. The van der Waals surface area contributed by atoms with Gasteiger partial charge >= 0.3 is 0 Å². The third-order valence-electron chi connectivity index (χ3n) is 4.28. The number of hydrogen-bond donors (Lipinski definition) is 2. The van der Waals surface area contributed by atoms with Crippen molar-refractivity contribution in [1.82, 2.24) is 5.32 Å². The van der Waals surface area contributed by atoms with Crippen LogP contribution in [0, 0.1) is 11.8 Å². The van der Waals surface area contributed by atoms with Crippen molar-refractivity contribution in [3.8, 4) is 0 Å². The zero-order chi connectivity index (χ0) is 15.1. The van der Waals surface area contributed by atoms with E-state index in [1.165, 1.54) is 25.7 Å². The second kappa shape index (κ2) is 7.87. The van der Waals surface area contributed by atoms with Crippen LogP contribution in [0.3, 0.4) is 0 Å². The highest BCUT2D eigenvalue weighted by Gasteiger charge is 2.17. The molecular weight excluding hydrogens is 260 g/mol. The average Bonchev–Trinajstić information content (AvgIpc) is 2.52. The molecule has 3 heteroatoms. The average molecular weight is 286 g/mol. The topological polar surface area (TPSA) is 41.1 Å². The molecule has 2 N–H and O–H groups in total. The SMILES string of the molecule is C=CCNC(=O)c1ccc(NCC2CCC(C)CC2)cc1. The third-order valence-corrected chi connectivity index (χ3v) is 4.28. The predicted octanol–water partition coefficient (Wildman–Crippen LogP) is 3.84. The summed E-state index contributed by atoms with van der Waals surface area (Å²) in [5, 5.41) is 6.27. The molecule has 1 saturated carbocycles. The minimum Gasteiger partial charge on any atom is -0.385 e. The molecule has 0 spiro atoms. The number of nitrogens with one attached hydrogen (secondary N) is 2. The van der Waals surface area contributed by atoms with Gasteiger partial charge in [0.25, 0.3) is 5.91 Å². The zero-order valence-corrected chi connectivity index (χ0v) is 12.9. The lowest BCUT2D eigenvalue weighted by molar-refractivity contribution is 0.0958. The van der Waals surface area contributed by atoms with E-state index in [0.717, 1.165) is 24.1 Å². The van der Waals surface area contributed by atoms with Crippen molar-refractivity contribution in [3.63, 3.8) is 0 Å². The fraction of sp³-hybridized carbons (Fsp3) is 0.500. The molecule has 0 aliphatic heterocycles. The van der Waals surface area contributed by atoms with Crippen LogP contribution in [0.2, 0.25) is 0 Å². The van der Waals surface area contributed by atoms with E-state index in [4.69, 9.17) is 0 Å². The summed E-state index contributed by atoms with van der Waals surface area (Å²) in [6.07, 6.45) is 7.05. The fourth-order valence-electron chi connectivity index (χ4n) is 2.80. The highest BCUT2D eigenvalue weighted by atomic mass is 16.1. The molecular formula is C18H26N2O. The van der Waals surface area contributed by atoms with Crippen LogP contribution in [0.4, 0.5) is 5.69 Å². The van der Waals surface area contributed by atoms with Crippen molar-refractivity contribution in [1.29, 1.82) is 0 Å².